The first-order valence-corrected chi connectivity index (χ1v) is 7.85. The minimum absolute atomic E-state index is 0.117. The Morgan fingerprint density at radius 2 is 1.65 bits per heavy atom. The number of aliphatic carboxylic acids is 2. The number of rotatable bonds is 9. The summed E-state index contributed by atoms with van der Waals surface area (Å²) in [5.41, 5.74) is 0. The molecular formula is C14H23NO11. The molecule has 1 amide bonds. The first-order chi connectivity index (χ1) is 12.2. The summed E-state index contributed by atoms with van der Waals surface area (Å²) >= 11 is 0. The zero-order chi connectivity index (χ0) is 19.9. The van der Waals surface area contributed by atoms with Crippen LogP contribution in [0.5, 0.6) is 0 Å². The lowest BCUT2D eigenvalue weighted by Crippen LogP contribution is -2.58. The number of carbonyl (C=O) groups excluding carboxylic acids is 1. The third kappa shape index (κ3) is 6.38. The van der Waals surface area contributed by atoms with Crippen LogP contribution in [0.3, 0.4) is 0 Å². The predicted molar refractivity (Wildman–Crippen MR) is 81.2 cm³/mol. The summed E-state index contributed by atoms with van der Waals surface area (Å²) in [5, 5.41) is 57.5. The van der Waals surface area contributed by atoms with Gasteiger partial charge in [-0.3, -0.25) is 4.79 Å². The van der Waals surface area contributed by atoms with E-state index in [9.17, 15) is 29.7 Å². The van der Waals surface area contributed by atoms with Crippen molar-refractivity contribution in [3.05, 3.63) is 0 Å². The molecule has 12 heteroatoms. The number of ether oxygens (including phenoxy) is 2. The first kappa shape index (κ1) is 22.1. The summed E-state index contributed by atoms with van der Waals surface area (Å²) in [6.07, 6.45) is -7.95. The molecule has 0 bridgehead atoms. The summed E-state index contributed by atoms with van der Waals surface area (Å²) in [6, 6.07) is -1.63. The molecule has 0 radical (unpaired) electrons. The number of nitrogens with one attached hydrogen (secondary N) is 1. The third-order valence-electron chi connectivity index (χ3n) is 3.83. The zero-order valence-electron chi connectivity index (χ0n) is 13.7. The Morgan fingerprint density at radius 1 is 1.04 bits per heavy atom. The second kappa shape index (κ2) is 10.2. The van der Waals surface area contributed by atoms with Crippen LogP contribution in [0.15, 0.2) is 0 Å². The van der Waals surface area contributed by atoms with Gasteiger partial charge in [-0.05, 0) is 12.8 Å². The Kier molecular flexibility index (Phi) is 8.68. The number of carbonyl (C=O) groups is 3. The van der Waals surface area contributed by atoms with Crippen molar-refractivity contribution in [2.45, 2.75) is 55.8 Å². The average Bonchev–Trinajstić information content (AvgIpc) is 2.57. The van der Waals surface area contributed by atoms with Gasteiger partial charge in [0.25, 0.3) is 0 Å². The van der Waals surface area contributed by atoms with E-state index in [1.54, 1.807) is 0 Å². The van der Waals surface area contributed by atoms with Crippen LogP contribution in [0.25, 0.3) is 0 Å². The Labute approximate surface area is 148 Å². The highest BCUT2D eigenvalue weighted by molar-refractivity contribution is 5.84. The Hall–Kier alpha value is -1.99. The Bertz CT molecular complexity index is 497. The fourth-order valence-electron chi connectivity index (χ4n) is 2.43. The van der Waals surface area contributed by atoms with Gasteiger partial charge < -0.3 is 45.4 Å². The fraction of sp³-hybridized carbons (Fsp3) is 0.786. The molecule has 0 saturated carbocycles. The number of alkyl carbamates (subject to hydrolysis) is 1. The van der Waals surface area contributed by atoms with E-state index in [0.717, 1.165) is 0 Å². The summed E-state index contributed by atoms with van der Waals surface area (Å²) in [6.45, 7) is -0.749. The molecule has 1 rings (SSSR count). The monoisotopic (exact) mass is 381 g/mol. The summed E-state index contributed by atoms with van der Waals surface area (Å²) in [7, 11) is 0. The van der Waals surface area contributed by atoms with Crippen molar-refractivity contribution >= 4 is 18.0 Å². The molecule has 7 N–H and O–H groups in total. The van der Waals surface area contributed by atoms with Crippen molar-refractivity contribution in [3.8, 4) is 0 Å². The van der Waals surface area contributed by atoms with Gasteiger partial charge in [-0.25, -0.2) is 9.59 Å². The van der Waals surface area contributed by atoms with E-state index >= 15 is 0 Å². The van der Waals surface area contributed by atoms with E-state index in [1.807, 2.05) is 5.32 Å². The molecular weight excluding hydrogens is 358 g/mol. The van der Waals surface area contributed by atoms with Crippen LogP contribution in [0.4, 0.5) is 4.79 Å². The molecule has 12 nitrogen and oxygen atoms in total. The second-order valence-corrected chi connectivity index (χ2v) is 5.78. The van der Waals surface area contributed by atoms with Crippen molar-refractivity contribution < 1.29 is 54.5 Å². The standard InChI is InChI=1S/C14H23NO11/c16-5-8-11(20)12(21)10(19)7(26-8)2-1-3-25-14(24)15-6(13(22)23)4-9(17)18/h6-8,10-12,16,19-21H,1-5H2,(H,15,24)(H,17,18)(H,22,23)/t6?,7-,8?,10?,11?,12?/m0/s1. The molecule has 1 heterocycles. The molecule has 1 fully saturated rings. The predicted octanol–water partition coefficient (Wildman–Crippen LogP) is -2.74. The zero-order valence-corrected chi connectivity index (χ0v) is 13.7. The fourth-order valence-corrected chi connectivity index (χ4v) is 2.43. The van der Waals surface area contributed by atoms with Crippen LogP contribution >= 0.6 is 0 Å². The van der Waals surface area contributed by atoms with Crippen molar-refractivity contribution in [2.24, 2.45) is 0 Å². The van der Waals surface area contributed by atoms with E-state index in [2.05, 4.69) is 0 Å². The number of hydrogen-bond acceptors (Lipinski definition) is 9. The van der Waals surface area contributed by atoms with Gasteiger partial charge >= 0.3 is 18.0 Å². The number of amides is 1. The highest BCUT2D eigenvalue weighted by Crippen LogP contribution is 2.23. The molecule has 0 aromatic rings. The van der Waals surface area contributed by atoms with Crippen molar-refractivity contribution in [1.82, 2.24) is 5.32 Å². The second-order valence-electron chi connectivity index (χ2n) is 5.78. The van der Waals surface area contributed by atoms with Crippen LogP contribution in [0, 0.1) is 0 Å². The molecule has 0 aromatic carbocycles. The molecule has 0 aromatic heterocycles. The molecule has 1 aliphatic heterocycles. The van der Waals surface area contributed by atoms with E-state index < -0.39 is 67.6 Å². The highest BCUT2D eigenvalue weighted by Gasteiger charge is 2.42. The molecule has 5 unspecified atom stereocenters. The number of aliphatic hydroxyl groups is 4. The maximum absolute atomic E-state index is 11.5. The SMILES string of the molecule is O=C(O)CC(NC(=O)OCCC[C@@H]1OC(CO)C(O)C(O)C1O)C(=O)O. The minimum Gasteiger partial charge on any atom is -0.481 e. The largest absolute Gasteiger partial charge is 0.481 e. The third-order valence-corrected chi connectivity index (χ3v) is 3.83. The van der Waals surface area contributed by atoms with Crippen LogP contribution in [-0.2, 0) is 19.1 Å². The van der Waals surface area contributed by atoms with Crippen LogP contribution in [-0.4, -0.2) is 98.4 Å². The summed E-state index contributed by atoms with van der Waals surface area (Å²) < 4.78 is 10.00. The van der Waals surface area contributed by atoms with Gasteiger partial charge in [-0.1, -0.05) is 0 Å². The summed E-state index contributed by atoms with van der Waals surface area (Å²) in [5.74, 6) is -2.93. The number of hydrogen-bond donors (Lipinski definition) is 7. The minimum atomic E-state index is -1.63. The van der Waals surface area contributed by atoms with Crippen LogP contribution < -0.4 is 5.32 Å². The molecule has 150 valence electrons. The molecule has 6 atom stereocenters. The van der Waals surface area contributed by atoms with Gasteiger partial charge in [-0.2, -0.15) is 0 Å². The normalized spacial score (nSPS) is 29.6. The van der Waals surface area contributed by atoms with E-state index in [4.69, 9.17) is 24.8 Å². The topological polar surface area (TPSA) is 203 Å². The molecule has 1 saturated heterocycles. The smallest absolute Gasteiger partial charge is 0.407 e. The maximum atomic E-state index is 11.5. The average molecular weight is 381 g/mol. The van der Waals surface area contributed by atoms with Gasteiger partial charge in [0.2, 0.25) is 0 Å². The quantitative estimate of drug-likeness (QED) is 0.204. The maximum Gasteiger partial charge on any atom is 0.407 e. The van der Waals surface area contributed by atoms with Crippen LogP contribution in [0.1, 0.15) is 19.3 Å². The van der Waals surface area contributed by atoms with Crippen molar-refractivity contribution in [3.63, 3.8) is 0 Å². The summed E-state index contributed by atoms with van der Waals surface area (Å²) in [4.78, 5) is 32.8. The van der Waals surface area contributed by atoms with Gasteiger partial charge in [0, 0.05) is 0 Å². The lowest BCUT2D eigenvalue weighted by molar-refractivity contribution is -0.230. The van der Waals surface area contributed by atoms with Gasteiger partial charge in [0.15, 0.2) is 0 Å². The van der Waals surface area contributed by atoms with Crippen molar-refractivity contribution in [1.29, 1.82) is 0 Å². The lowest BCUT2D eigenvalue weighted by Gasteiger charge is -2.40. The number of carboxylic acid groups (broad SMARTS) is 2. The van der Waals surface area contributed by atoms with Gasteiger partial charge in [-0.15, -0.1) is 0 Å². The van der Waals surface area contributed by atoms with E-state index in [0.29, 0.717) is 0 Å². The molecule has 0 aliphatic carbocycles. The number of aliphatic hydroxyl groups excluding tert-OH is 4. The Balaban J connectivity index is 2.37. The first-order valence-electron chi connectivity index (χ1n) is 7.85. The Morgan fingerprint density at radius 3 is 2.19 bits per heavy atom. The van der Waals surface area contributed by atoms with Crippen molar-refractivity contribution in [2.75, 3.05) is 13.2 Å². The lowest BCUT2D eigenvalue weighted by atomic mass is 9.93. The molecule has 0 spiro atoms. The molecule has 26 heavy (non-hydrogen) atoms. The number of carboxylic acids is 2. The van der Waals surface area contributed by atoms with Gasteiger partial charge in [0.05, 0.1) is 25.7 Å². The van der Waals surface area contributed by atoms with Gasteiger partial charge in [0.1, 0.15) is 30.5 Å². The highest BCUT2D eigenvalue weighted by atomic mass is 16.6. The molecule has 1 aliphatic rings. The van der Waals surface area contributed by atoms with E-state index in [1.165, 1.54) is 0 Å². The van der Waals surface area contributed by atoms with Crippen LogP contribution in [0.2, 0.25) is 0 Å². The van der Waals surface area contributed by atoms with E-state index in [-0.39, 0.29) is 19.4 Å².